The lowest BCUT2D eigenvalue weighted by Gasteiger charge is -1.98. The van der Waals surface area contributed by atoms with Crippen LogP contribution in [0.5, 0.6) is 0 Å². The third-order valence-corrected chi connectivity index (χ3v) is 3.10. The van der Waals surface area contributed by atoms with Crippen LogP contribution in [0.25, 0.3) is 0 Å². The van der Waals surface area contributed by atoms with Gasteiger partial charge in [-0.05, 0) is 6.07 Å². The summed E-state index contributed by atoms with van der Waals surface area (Å²) in [6.07, 6.45) is 9.91. The number of oxime groups is 1. The number of primary amides is 1. The lowest BCUT2D eigenvalue weighted by atomic mass is 10.2. The van der Waals surface area contributed by atoms with Gasteiger partial charge in [-0.2, -0.15) is 0 Å². The Labute approximate surface area is 122 Å². The molecule has 2 aromatic heterocycles. The number of carbonyl (C=O) groups excluding carboxylic acids is 1. The lowest BCUT2D eigenvalue weighted by Crippen LogP contribution is -2.38. The average Bonchev–Trinajstić information content (AvgIpc) is 2.48. The molecule has 0 aliphatic carbocycles. The van der Waals surface area contributed by atoms with Gasteiger partial charge in [-0.1, -0.05) is 5.16 Å². The second kappa shape index (κ2) is 7.14. The minimum atomic E-state index is -0.417. The van der Waals surface area contributed by atoms with E-state index < -0.39 is 5.91 Å². The standard InChI is InChI=1S/C15H16N4O2/c16-15(20)14-4-9-18(10-5-14)7-2-8-19-6-1-3-13(12-19)11-17-21/h1,3-6,9-12H,2,7-8H2,(H-2,16,20,21)/p+2/b17-11+. The summed E-state index contributed by atoms with van der Waals surface area (Å²) in [5, 5.41) is 11.5. The number of pyridine rings is 2. The van der Waals surface area contributed by atoms with E-state index >= 15 is 0 Å². The molecule has 6 nitrogen and oxygen atoms in total. The smallest absolute Gasteiger partial charge is 0.249 e. The fraction of sp³-hybridized carbons (Fsp3) is 0.200. The summed E-state index contributed by atoms with van der Waals surface area (Å²) in [5.41, 5.74) is 6.56. The maximum atomic E-state index is 11.0. The van der Waals surface area contributed by atoms with Crippen molar-refractivity contribution >= 4 is 12.1 Å². The molecule has 0 unspecified atom stereocenters. The minimum absolute atomic E-state index is 0.417. The molecule has 3 N–H and O–H groups in total. The van der Waals surface area contributed by atoms with E-state index in [9.17, 15) is 4.79 Å². The molecule has 2 rings (SSSR count). The maximum absolute atomic E-state index is 11.0. The van der Waals surface area contributed by atoms with E-state index in [1.807, 2.05) is 46.1 Å². The summed E-state index contributed by atoms with van der Waals surface area (Å²) in [7, 11) is 0. The van der Waals surface area contributed by atoms with Crippen LogP contribution < -0.4 is 14.9 Å². The van der Waals surface area contributed by atoms with Crippen molar-refractivity contribution in [2.24, 2.45) is 10.9 Å². The fourth-order valence-corrected chi connectivity index (χ4v) is 2.03. The monoisotopic (exact) mass is 286 g/mol. The van der Waals surface area contributed by atoms with Crippen LogP contribution in [0.4, 0.5) is 0 Å². The molecule has 0 atom stereocenters. The number of carbonyl (C=O) groups is 1. The number of nitrogens with zero attached hydrogens (tertiary/aromatic N) is 3. The van der Waals surface area contributed by atoms with E-state index in [1.54, 1.807) is 12.1 Å². The first-order valence-electron chi connectivity index (χ1n) is 6.64. The number of nitrogens with two attached hydrogens (primary N) is 1. The number of rotatable bonds is 6. The molecule has 0 spiro atoms. The van der Waals surface area contributed by atoms with Crippen molar-refractivity contribution < 1.29 is 19.1 Å². The van der Waals surface area contributed by atoms with Gasteiger partial charge in [-0.25, -0.2) is 9.13 Å². The van der Waals surface area contributed by atoms with Crippen LogP contribution in [0.3, 0.4) is 0 Å². The first-order chi connectivity index (χ1) is 10.2. The third kappa shape index (κ3) is 4.38. The Morgan fingerprint density at radius 2 is 1.90 bits per heavy atom. The van der Waals surface area contributed by atoms with E-state index in [2.05, 4.69) is 5.16 Å². The van der Waals surface area contributed by atoms with Gasteiger partial charge in [-0.15, -0.1) is 0 Å². The Bertz CT molecular complexity index is 638. The molecule has 0 aromatic carbocycles. The first-order valence-corrected chi connectivity index (χ1v) is 6.64. The van der Waals surface area contributed by atoms with Gasteiger partial charge < -0.3 is 10.9 Å². The summed E-state index contributed by atoms with van der Waals surface area (Å²) < 4.78 is 4.04. The number of amides is 1. The largest absolute Gasteiger partial charge is 0.411 e. The number of hydrogen-bond acceptors (Lipinski definition) is 3. The average molecular weight is 286 g/mol. The number of aryl methyl sites for hydroxylation is 2. The molecule has 108 valence electrons. The summed E-state index contributed by atoms with van der Waals surface area (Å²) in [6, 6.07) is 7.21. The van der Waals surface area contributed by atoms with Crippen molar-refractivity contribution in [1.82, 2.24) is 0 Å². The van der Waals surface area contributed by atoms with Gasteiger partial charge in [0, 0.05) is 18.2 Å². The quantitative estimate of drug-likeness (QED) is 0.345. The lowest BCUT2D eigenvalue weighted by molar-refractivity contribution is -0.726. The maximum Gasteiger partial charge on any atom is 0.249 e. The summed E-state index contributed by atoms with van der Waals surface area (Å²) in [6.45, 7) is 1.68. The summed E-state index contributed by atoms with van der Waals surface area (Å²) >= 11 is 0. The highest BCUT2D eigenvalue weighted by Gasteiger charge is 2.07. The second-order valence-electron chi connectivity index (χ2n) is 4.66. The normalized spacial score (nSPS) is 10.9. The summed E-state index contributed by atoms with van der Waals surface area (Å²) in [5.74, 6) is -0.417. The van der Waals surface area contributed by atoms with Crippen molar-refractivity contribution in [2.75, 3.05) is 0 Å². The number of aromatic nitrogens is 2. The highest BCUT2D eigenvalue weighted by molar-refractivity contribution is 5.92. The van der Waals surface area contributed by atoms with Crippen LogP contribution in [-0.4, -0.2) is 17.3 Å². The molecule has 21 heavy (non-hydrogen) atoms. The predicted molar refractivity (Wildman–Crippen MR) is 75.8 cm³/mol. The molecular weight excluding hydrogens is 268 g/mol. The zero-order chi connectivity index (χ0) is 15.1. The first kappa shape index (κ1) is 14.6. The van der Waals surface area contributed by atoms with Gasteiger partial charge in [0.25, 0.3) is 0 Å². The van der Waals surface area contributed by atoms with Crippen LogP contribution >= 0.6 is 0 Å². The highest BCUT2D eigenvalue weighted by atomic mass is 16.4. The molecule has 6 heteroatoms. The van der Waals surface area contributed by atoms with E-state index in [0.717, 1.165) is 25.1 Å². The molecule has 0 radical (unpaired) electrons. The predicted octanol–water partition coefficient (Wildman–Crippen LogP) is 0.259. The third-order valence-electron chi connectivity index (χ3n) is 3.10. The van der Waals surface area contributed by atoms with E-state index in [1.165, 1.54) is 6.21 Å². The Morgan fingerprint density at radius 3 is 2.57 bits per heavy atom. The molecule has 0 fully saturated rings. The Kier molecular flexibility index (Phi) is 4.98. The van der Waals surface area contributed by atoms with Gasteiger partial charge in [0.05, 0.1) is 23.8 Å². The van der Waals surface area contributed by atoms with E-state index in [4.69, 9.17) is 10.9 Å². The van der Waals surface area contributed by atoms with Crippen LogP contribution in [-0.2, 0) is 13.1 Å². The van der Waals surface area contributed by atoms with Gasteiger partial charge in [0.2, 0.25) is 5.91 Å². The second-order valence-corrected chi connectivity index (χ2v) is 4.66. The molecule has 0 saturated carbocycles. The molecule has 0 aliphatic rings. The zero-order valence-electron chi connectivity index (χ0n) is 11.6. The molecule has 2 aromatic rings. The van der Waals surface area contributed by atoms with Crippen LogP contribution in [0.2, 0.25) is 0 Å². The topological polar surface area (TPSA) is 83.4 Å². The molecule has 0 aliphatic heterocycles. The van der Waals surface area contributed by atoms with Crippen molar-refractivity contribution in [3.63, 3.8) is 0 Å². The molecular formula is C15H18N4O2+2. The van der Waals surface area contributed by atoms with Crippen molar-refractivity contribution in [3.8, 4) is 0 Å². The van der Waals surface area contributed by atoms with E-state index in [0.29, 0.717) is 5.56 Å². The van der Waals surface area contributed by atoms with Gasteiger partial charge in [-0.3, -0.25) is 4.79 Å². The Hall–Kier alpha value is -2.76. The van der Waals surface area contributed by atoms with Crippen LogP contribution in [0.15, 0.2) is 54.2 Å². The minimum Gasteiger partial charge on any atom is -0.411 e. The van der Waals surface area contributed by atoms with Gasteiger partial charge >= 0.3 is 0 Å². The highest BCUT2D eigenvalue weighted by Crippen LogP contribution is 1.94. The van der Waals surface area contributed by atoms with E-state index in [-0.39, 0.29) is 0 Å². The van der Waals surface area contributed by atoms with Crippen molar-refractivity contribution in [3.05, 3.63) is 60.2 Å². The SMILES string of the molecule is NC(=O)c1cc[n+](CCC[n+]2cccc(/C=N/O)c2)cc1. The fourth-order valence-electron chi connectivity index (χ4n) is 2.03. The molecule has 1 amide bonds. The van der Waals surface area contributed by atoms with Gasteiger partial charge in [0.15, 0.2) is 37.9 Å². The Morgan fingerprint density at radius 1 is 1.19 bits per heavy atom. The Balaban J connectivity index is 1.89. The zero-order valence-corrected chi connectivity index (χ0v) is 11.6. The van der Waals surface area contributed by atoms with Crippen molar-refractivity contribution in [2.45, 2.75) is 19.5 Å². The number of hydrogen-bond donors (Lipinski definition) is 2. The van der Waals surface area contributed by atoms with Crippen LogP contribution in [0, 0.1) is 0 Å². The molecule has 0 saturated heterocycles. The molecule has 2 heterocycles. The van der Waals surface area contributed by atoms with Crippen LogP contribution in [0.1, 0.15) is 22.3 Å². The van der Waals surface area contributed by atoms with Gasteiger partial charge in [0.1, 0.15) is 0 Å². The summed E-state index contributed by atoms with van der Waals surface area (Å²) in [4.78, 5) is 11.0. The van der Waals surface area contributed by atoms with Crippen molar-refractivity contribution in [1.29, 1.82) is 0 Å². The molecule has 0 bridgehead atoms.